The first-order valence-corrected chi connectivity index (χ1v) is 9.70. The number of alkyl halides is 1. The van der Waals surface area contributed by atoms with Crippen LogP contribution in [0.15, 0.2) is 11.6 Å². The zero-order valence-corrected chi connectivity index (χ0v) is 15.1. The normalized spacial score (nSPS) is 51.0. The van der Waals surface area contributed by atoms with Crippen molar-refractivity contribution >= 4 is 27.5 Å². The Morgan fingerprint density at radius 1 is 1.05 bits per heavy atom. The molecule has 3 fully saturated rings. The summed E-state index contributed by atoms with van der Waals surface area (Å²) in [6.07, 6.45) is 9.23. The van der Waals surface area contributed by atoms with Crippen molar-refractivity contribution in [2.24, 2.45) is 28.6 Å². The minimum absolute atomic E-state index is 0.0153. The van der Waals surface area contributed by atoms with Crippen LogP contribution in [0.5, 0.6) is 0 Å². The van der Waals surface area contributed by atoms with Gasteiger partial charge in [-0.25, -0.2) is 0 Å². The number of ketones is 2. The van der Waals surface area contributed by atoms with Gasteiger partial charge in [0.1, 0.15) is 5.78 Å². The van der Waals surface area contributed by atoms with Gasteiger partial charge in [0.15, 0.2) is 5.78 Å². The number of hydrogen-bond acceptors (Lipinski definition) is 2. The molecule has 0 radical (unpaired) electrons. The molecule has 2 nitrogen and oxygen atoms in total. The Kier molecular flexibility index (Phi) is 3.28. The van der Waals surface area contributed by atoms with Crippen molar-refractivity contribution in [1.29, 1.82) is 0 Å². The molecule has 6 atom stereocenters. The predicted octanol–water partition coefficient (Wildman–Crippen LogP) is 4.46. The summed E-state index contributed by atoms with van der Waals surface area (Å²) < 4.78 is 0. The minimum Gasteiger partial charge on any atom is -0.299 e. The number of fused-ring (bicyclic) bond motifs is 5. The molecule has 0 heterocycles. The van der Waals surface area contributed by atoms with Crippen LogP contribution in [-0.4, -0.2) is 16.4 Å². The van der Waals surface area contributed by atoms with E-state index in [9.17, 15) is 9.59 Å². The molecule has 4 aliphatic carbocycles. The Morgan fingerprint density at radius 3 is 2.55 bits per heavy atom. The molecule has 3 heteroatoms. The largest absolute Gasteiger partial charge is 0.299 e. The lowest BCUT2D eigenvalue weighted by atomic mass is 9.47. The van der Waals surface area contributed by atoms with E-state index in [1.807, 2.05) is 6.08 Å². The Morgan fingerprint density at radius 2 is 1.77 bits per heavy atom. The highest BCUT2D eigenvalue weighted by Crippen LogP contribution is 2.64. The van der Waals surface area contributed by atoms with Gasteiger partial charge >= 0.3 is 0 Å². The maximum absolute atomic E-state index is 12.4. The van der Waals surface area contributed by atoms with Gasteiger partial charge in [0.05, 0.1) is 4.83 Å². The smallest absolute Gasteiger partial charge is 0.169 e. The second-order valence-electron chi connectivity index (χ2n) is 8.49. The molecule has 0 N–H and O–H groups in total. The van der Waals surface area contributed by atoms with Gasteiger partial charge in [-0.2, -0.15) is 0 Å². The third-order valence-electron chi connectivity index (χ3n) is 7.67. The molecular formula is C19H25BrO2. The van der Waals surface area contributed by atoms with Crippen LogP contribution in [0.25, 0.3) is 0 Å². The molecule has 0 aliphatic heterocycles. The van der Waals surface area contributed by atoms with Crippen LogP contribution >= 0.6 is 15.9 Å². The average Bonchev–Trinajstić information content (AvgIpc) is 2.77. The van der Waals surface area contributed by atoms with Crippen LogP contribution in [0, 0.1) is 28.6 Å². The SMILES string of the molecule is C[C@]12C[C@@H](Br)C(=O)C=C1CC[C@@H]1[C@@H]2CC[C@]2(C)C(=O)CC[C@@H]12. The van der Waals surface area contributed by atoms with Crippen LogP contribution in [0.2, 0.25) is 0 Å². The van der Waals surface area contributed by atoms with E-state index in [0.717, 1.165) is 38.5 Å². The highest BCUT2D eigenvalue weighted by Gasteiger charge is 2.59. The van der Waals surface area contributed by atoms with E-state index < -0.39 is 0 Å². The molecule has 0 saturated heterocycles. The number of hydrogen-bond donors (Lipinski definition) is 0. The van der Waals surface area contributed by atoms with Gasteiger partial charge < -0.3 is 0 Å². The van der Waals surface area contributed by atoms with E-state index >= 15 is 0 Å². The first-order valence-electron chi connectivity index (χ1n) is 8.78. The van der Waals surface area contributed by atoms with Gasteiger partial charge in [-0.15, -0.1) is 0 Å². The molecule has 0 aromatic heterocycles. The first-order chi connectivity index (χ1) is 10.4. The highest BCUT2D eigenvalue weighted by molar-refractivity contribution is 9.10. The summed E-state index contributed by atoms with van der Waals surface area (Å²) >= 11 is 3.60. The van der Waals surface area contributed by atoms with E-state index in [-0.39, 0.29) is 21.4 Å². The third-order valence-corrected chi connectivity index (χ3v) is 8.45. The molecule has 120 valence electrons. The summed E-state index contributed by atoms with van der Waals surface area (Å²) in [5, 5.41) is 0. The molecule has 0 unspecified atom stereocenters. The molecular weight excluding hydrogens is 340 g/mol. The monoisotopic (exact) mass is 364 g/mol. The van der Waals surface area contributed by atoms with Crippen molar-refractivity contribution in [3.8, 4) is 0 Å². The molecule has 0 amide bonds. The van der Waals surface area contributed by atoms with Crippen molar-refractivity contribution < 1.29 is 9.59 Å². The van der Waals surface area contributed by atoms with E-state index in [0.29, 0.717) is 23.5 Å². The van der Waals surface area contributed by atoms with Crippen molar-refractivity contribution in [1.82, 2.24) is 0 Å². The van der Waals surface area contributed by atoms with Crippen LogP contribution < -0.4 is 0 Å². The first kappa shape index (κ1) is 15.1. The van der Waals surface area contributed by atoms with E-state index in [1.165, 1.54) is 12.0 Å². The molecule has 4 rings (SSSR count). The van der Waals surface area contributed by atoms with Gasteiger partial charge in [0.25, 0.3) is 0 Å². The zero-order valence-electron chi connectivity index (χ0n) is 13.5. The molecule has 0 bridgehead atoms. The summed E-state index contributed by atoms with van der Waals surface area (Å²) in [6.45, 7) is 4.62. The van der Waals surface area contributed by atoms with Gasteiger partial charge in [-0.3, -0.25) is 9.59 Å². The number of halogens is 1. The number of carbonyl (C=O) groups excluding carboxylic acids is 2. The van der Waals surface area contributed by atoms with Crippen LogP contribution in [-0.2, 0) is 9.59 Å². The van der Waals surface area contributed by atoms with Crippen molar-refractivity contribution in [2.75, 3.05) is 0 Å². The molecule has 22 heavy (non-hydrogen) atoms. The predicted molar refractivity (Wildman–Crippen MR) is 89.8 cm³/mol. The van der Waals surface area contributed by atoms with Crippen molar-refractivity contribution in [3.63, 3.8) is 0 Å². The summed E-state index contributed by atoms with van der Waals surface area (Å²) in [4.78, 5) is 24.4. The fourth-order valence-corrected chi connectivity index (χ4v) is 7.16. The lowest BCUT2D eigenvalue weighted by Gasteiger charge is -2.57. The standard InChI is InChI=1S/C19H25BrO2/c1-18-8-7-14-12(13(18)5-6-17(18)22)4-3-11-9-16(21)15(20)10-19(11,14)2/h9,12-15H,3-8,10H2,1-2H3/t12-,13-,14-,15+,18-,19-/m0/s1. The molecule has 0 spiro atoms. The second kappa shape index (κ2) is 4.78. The average molecular weight is 365 g/mol. The summed E-state index contributed by atoms with van der Waals surface area (Å²) in [5.41, 5.74) is 1.51. The Bertz CT molecular complexity index is 580. The van der Waals surface area contributed by atoms with Crippen LogP contribution in [0.3, 0.4) is 0 Å². The summed E-state index contributed by atoms with van der Waals surface area (Å²) in [5.74, 6) is 2.69. The van der Waals surface area contributed by atoms with Gasteiger partial charge in [0.2, 0.25) is 0 Å². The summed E-state index contributed by atoms with van der Waals surface area (Å²) in [7, 11) is 0. The van der Waals surface area contributed by atoms with E-state index in [4.69, 9.17) is 0 Å². The lowest BCUT2D eigenvalue weighted by molar-refractivity contribution is -0.132. The maximum Gasteiger partial charge on any atom is 0.169 e. The van der Waals surface area contributed by atoms with Crippen LogP contribution in [0.1, 0.15) is 58.8 Å². The Hall–Kier alpha value is -0.440. The summed E-state index contributed by atoms with van der Waals surface area (Å²) in [6, 6.07) is 0. The van der Waals surface area contributed by atoms with Gasteiger partial charge in [0, 0.05) is 11.8 Å². The van der Waals surface area contributed by atoms with E-state index in [1.54, 1.807) is 0 Å². The van der Waals surface area contributed by atoms with E-state index in [2.05, 4.69) is 29.8 Å². The van der Waals surface area contributed by atoms with Crippen molar-refractivity contribution in [2.45, 2.75) is 63.6 Å². The fraction of sp³-hybridized carbons (Fsp3) is 0.789. The Balaban J connectivity index is 1.71. The highest BCUT2D eigenvalue weighted by atomic mass is 79.9. The quantitative estimate of drug-likeness (QED) is 0.594. The zero-order chi connectivity index (χ0) is 15.7. The number of Topliss-reactive ketones (excluding diaryl/α,β-unsaturated/α-hetero) is 1. The number of rotatable bonds is 0. The third kappa shape index (κ3) is 1.84. The molecule has 3 saturated carbocycles. The second-order valence-corrected chi connectivity index (χ2v) is 9.60. The molecule has 0 aromatic rings. The van der Waals surface area contributed by atoms with Crippen molar-refractivity contribution in [3.05, 3.63) is 11.6 Å². The van der Waals surface area contributed by atoms with Crippen LogP contribution in [0.4, 0.5) is 0 Å². The number of carbonyl (C=O) groups is 2. The van der Waals surface area contributed by atoms with Gasteiger partial charge in [-0.05, 0) is 67.8 Å². The Labute approximate surface area is 141 Å². The fourth-order valence-electron chi connectivity index (χ4n) is 6.35. The molecule has 4 aliphatic rings. The minimum atomic E-state index is -0.0446. The number of allylic oxidation sites excluding steroid dienone is 1. The maximum atomic E-state index is 12.4. The lowest BCUT2D eigenvalue weighted by Crippen LogP contribution is -2.51. The van der Waals surface area contributed by atoms with Gasteiger partial charge in [-0.1, -0.05) is 35.4 Å². The molecule has 0 aromatic carbocycles. The topological polar surface area (TPSA) is 34.1 Å².